The number of primary sulfonamides is 1. The Bertz CT molecular complexity index is 781. The lowest BCUT2D eigenvalue weighted by Gasteiger charge is -1.98. The number of hydrogen-bond donors (Lipinski definition) is 2. The number of sulfonamides is 1. The van der Waals surface area contributed by atoms with Gasteiger partial charge in [-0.1, -0.05) is 0 Å². The first kappa shape index (κ1) is 14.8. The topological polar surface area (TPSA) is 128 Å². The quantitative estimate of drug-likeness (QED) is 0.836. The van der Waals surface area contributed by atoms with Crippen molar-refractivity contribution in [3.8, 4) is 0 Å². The Labute approximate surface area is 121 Å². The van der Waals surface area contributed by atoms with Gasteiger partial charge >= 0.3 is 0 Å². The molecule has 108 valence electrons. The van der Waals surface area contributed by atoms with Crippen LogP contribution in [0.15, 0.2) is 63.7 Å². The molecular formula is C13H12N4O3S. The lowest BCUT2D eigenvalue weighted by Crippen LogP contribution is -2.11. The molecular weight excluding hydrogens is 292 g/mol. The summed E-state index contributed by atoms with van der Waals surface area (Å²) < 4.78 is 22.2. The minimum absolute atomic E-state index is 0.00672. The zero-order chi connectivity index (χ0) is 15.5. The molecule has 0 aliphatic carbocycles. The van der Waals surface area contributed by atoms with Crippen LogP contribution in [0.25, 0.3) is 0 Å². The first-order valence-corrected chi connectivity index (χ1v) is 7.35. The highest BCUT2D eigenvalue weighted by atomic mass is 32.2. The van der Waals surface area contributed by atoms with Crippen LogP contribution in [0.2, 0.25) is 0 Å². The van der Waals surface area contributed by atoms with Gasteiger partial charge in [0, 0.05) is 5.56 Å². The molecule has 0 saturated heterocycles. The molecule has 4 N–H and O–H groups in total. The molecule has 0 spiro atoms. The Morgan fingerprint density at radius 3 is 1.67 bits per heavy atom. The Balaban J connectivity index is 2.15. The maximum atomic E-state index is 11.1. The maximum absolute atomic E-state index is 11.1. The van der Waals surface area contributed by atoms with Crippen LogP contribution in [0.3, 0.4) is 0 Å². The van der Waals surface area contributed by atoms with Gasteiger partial charge < -0.3 is 5.73 Å². The predicted molar refractivity (Wildman–Crippen MR) is 77.0 cm³/mol. The summed E-state index contributed by atoms with van der Waals surface area (Å²) in [5, 5.41) is 12.9. The van der Waals surface area contributed by atoms with Gasteiger partial charge in [-0.15, -0.1) is 0 Å². The number of azo groups is 1. The largest absolute Gasteiger partial charge is 0.366 e. The third-order valence-corrected chi connectivity index (χ3v) is 3.53. The van der Waals surface area contributed by atoms with Crippen molar-refractivity contribution in [1.29, 1.82) is 0 Å². The van der Waals surface area contributed by atoms with Gasteiger partial charge in [-0.05, 0) is 48.5 Å². The number of rotatable bonds is 4. The number of carbonyl (C=O) groups is 1. The van der Waals surface area contributed by atoms with Crippen LogP contribution in [0, 0.1) is 0 Å². The van der Waals surface area contributed by atoms with Crippen LogP contribution in [0.4, 0.5) is 11.4 Å². The van der Waals surface area contributed by atoms with Crippen molar-refractivity contribution in [3.05, 3.63) is 54.1 Å². The summed E-state index contributed by atoms with van der Waals surface area (Å²) in [6.45, 7) is 0. The van der Waals surface area contributed by atoms with E-state index in [0.717, 1.165) is 0 Å². The second-order valence-corrected chi connectivity index (χ2v) is 5.71. The number of amides is 1. The molecule has 0 heterocycles. The van der Waals surface area contributed by atoms with Crippen LogP contribution in [0.5, 0.6) is 0 Å². The van der Waals surface area contributed by atoms with Gasteiger partial charge in [0.15, 0.2) is 0 Å². The molecule has 0 aliphatic rings. The molecule has 7 nitrogen and oxygen atoms in total. The Morgan fingerprint density at radius 2 is 1.29 bits per heavy atom. The normalized spacial score (nSPS) is 11.7. The molecule has 0 atom stereocenters. The van der Waals surface area contributed by atoms with Crippen LogP contribution in [0.1, 0.15) is 10.4 Å². The van der Waals surface area contributed by atoms with Gasteiger partial charge in [-0.2, -0.15) is 10.2 Å². The highest BCUT2D eigenvalue weighted by molar-refractivity contribution is 7.89. The minimum Gasteiger partial charge on any atom is -0.366 e. The molecule has 2 aromatic rings. The van der Waals surface area contributed by atoms with Crippen molar-refractivity contribution >= 4 is 27.3 Å². The first-order valence-electron chi connectivity index (χ1n) is 5.81. The standard InChI is InChI=1S/C13H12N4O3S/c14-13(18)9-1-3-10(4-2-9)16-17-11-5-7-12(8-6-11)21(15,19)20/h1-8H,(H2,14,18)(H2,15,19,20). The summed E-state index contributed by atoms with van der Waals surface area (Å²) in [6.07, 6.45) is 0. The van der Waals surface area contributed by atoms with Crippen molar-refractivity contribution < 1.29 is 13.2 Å². The average Bonchev–Trinajstić information content (AvgIpc) is 2.45. The predicted octanol–water partition coefficient (Wildman–Crippen LogP) is 1.85. The summed E-state index contributed by atoms with van der Waals surface area (Å²) in [5.41, 5.74) is 6.52. The molecule has 0 fully saturated rings. The molecule has 0 unspecified atom stereocenters. The molecule has 0 radical (unpaired) electrons. The Hall–Kier alpha value is -2.58. The molecule has 0 aliphatic heterocycles. The van der Waals surface area contributed by atoms with Crippen molar-refractivity contribution in [1.82, 2.24) is 0 Å². The zero-order valence-electron chi connectivity index (χ0n) is 10.8. The van der Waals surface area contributed by atoms with E-state index in [1.165, 1.54) is 24.3 Å². The van der Waals surface area contributed by atoms with Gasteiger partial charge in [-0.3, -0.25) is 4.79 Å². The fraction of sp³-hybridized carbons (Fsp3) is 0. The van der Waals surface area contributed by atoms with E-state index in [9.17, 15) is 13.2 Å². The fourth-order valence-electron chi connectivity index (χ4n) is 1.51. The van der Waals surface area contributed by atoms with E-state index < -0.39 is 15.9 Å². The van der Waals surface area contributed by atoms with Crippen molar-refractivity contribution in [2.24, 2.45) is 21.1 Å². The molecule has 21 heavy (non-hydrogen) atoms. The monoisotopic (exact) mass is 304 g/mol. The van der Waals surface area contributed by atoms with Crippen molar-refractivity contribution in [2.45, 2.75) is 4.90 Å². The molecule has 2 rings (SSSR count). The van der Waals surface area contributed by atoms with Gasteiger partial charge in [0.2, 0.25) is 15.9 Å². The summed E-state index contributed by atoms with van der Waals surface area (Å²) in [4.78, 5) is 10.9. The lowest BCUT2D eigenvalue weighted by molar-refractivity contribution is 0.100. The summed E-state index contributed by atoms with van der Waals surface area (Å²) in [7, 11) is -3.72. The second kappa shape index (κ2) is 5.81. The lowest BCUT2D eigenvalue weighted by atomic mass is 10.2. The Kier molecular flexibility index (Phi) is 4.10. The second-order valence-electron chi connectivity index (χ2n) is 4.15. The van der Waals surface area contributed by atoms with Crippen LogP contribution < -0.4 is 10.9 Å². The maximum Gasteiger partial charge on any atom is 0.248 e. The van der Waals surface area contributed by atoms with Gasteiger partial charge in [0.1, 0.15) is 0 Å². The van der Waals surface area contributed by atoms with E-state index in [1.54, 1.807) is 24.3 Å². The fourth-order valence-corrected chi connectivity index (χ4v) is 2.03. The Morgan fingerprint density at radius 1 is 0.857 bits per heavy atom. The van der Waals surface area contributed by atoms with Crippen molar-refractivity contribution in [3.63, 3.8) is 0 Å². The molecule has 0 saturated carbocycles. The number of nitrogens with two attached hydrogens (primary N) is 2. The van der Waals surface area contributed by atoms with E-state index in [0.29, 0.717) is 16.9 Å². The zero-order valence-corrected chi connectivity index (χ0v) is 11.6. The van der Waals surface area contributed by atoms with Crippen LogP contribution in [-0.4, -0.2) is 14.3 Å². The number of primary amides is 1. The van der Waals surface area contributed by atoms with E-state index in [2.05, 4.69) is 10.2 Å². The number of benzene rings is 2. The van der Waals surface area contributed by atoms with Crippen molar-refractivity contribution in [2.75, 3.05) is 0 Å². The average molecular weight is 304 g/mol. The molecule has 2 aromatic carbocycles. The smallest absolute Gasteiger partial charge is 0.248 e. The third kappa shape index (κ3) is 3.94. The number of nitrogens with zero attached hydrogens (tertiary/aromatic N) is 2. The summed E-state index contributed by atoms with van der Waals surface area (Å²) >= 11 is 0. The summed E-state index contributed by atoms with van der Waals surface area (Å²) in [5.74, 6) is -0.517. The molecule has 0 bridgehead atoms. The summed E-state index contributed by atoms with van der Waals surface area (Å²) in [6, 6.07) is 12.0. The SMILES string of the molecule is NC(=O)c1ccc(N=Nc2ccc(S(N)(=O)=O)cc2)cc1. The number of hydrogen-bond acceptors (Lipinski definition) is 5. The molecule has 1 amide bonds. The highest BCUT2D eigenvalue weighted by Gasteiger charge is 2.06. The minimum atomic E-state index is -3.72. The van der Waals surface area contributed by atoms with E-state index in [4.69, 9.17) is 10.9 Å². The van der Waals surface area contributed by atoms with Gasteiger partial charge in [0.25, 0.3) is 0 Å². The van der Waals surface area contributed by atoms with Crippen LogP contribution in [-0.2, 0) is 10.0 Å². The van der Waals surface area contributed by atoms with Gasteiger partial charge in [-0.25, -0.2) is 13.6 Å². The van der Waals surface area contributed by atoms with Crippen LogP contribution >= 0.6 is 0 Å². The number of carbonyl (C=O) groups excluding carboxylic acids is 1. The van der Waals surface area contributed by atoms with Gasteiger partial charge in [0.05, 0.1) is 16.3 Å². The first-order chi connectivity index (χ1) is 9.86. The van der Waals surface area contributed by atoms with E-state index in [-0.39, 0.29) is 4.90 Å². The highest BCUT2D eigenvalue weighted by Crippen LogP contribution is 2.20. The molecule has 8 heteroatoms. The third-order valence-electron chi connectivity index (χ3n) is 2.60. The molecule has 0 aromatic heterocycles. The van der Waals surface area contributed by atoms with E-state index >= 15 is 0 Å². The van der Waals surface area contributed by atoms with E-state index in [1.807, 2.05) is 0 Å².